The monoisotopic (exact) mass is 447 g/mol. The highest BCUT2D eigenvalue weighted by molar-refractivity contribution is 5.78. The molecule has 33 heavy (non-hydrogen) atoms. The lowest BCUT2D eigenvalue weighted by Gasteiger charge is -2.39. The highest BCUT2D eigenvalue weighted by Gasteiger charge is 2.45. The van der Waals surface area contributed by atoms with Gasteiger partial charge in [-0.3, -0.25) is 4.79 Å². The van der Waals surface area contributed by atoms with Crippen molar-refractivity contribution in [1.29, 1.82) is 0 Å². The molecule has 0 aromatic heterocycles. The average Bonchev–Trinajstić information content (AvgIpc) is 3.49. The van der Waals surface area contributed by atoms with Crippen molar-refractivity contribution >= 4 is 11.9 Å². The minimum atomic E-state index is 0.0430. The minimum Gasteiger partial charge on any atom is -0.484 e. The smallest absolute Gasteiger partial charge is 0.317 e. The number of likely N-dealkylation sites (tertiary alicyclic amines) is 2. The van der Waals surface area contributed by atoms with Gasteiger partial charge in [-0.2, -0.15) is 0 Å². The number of hydrogen-bond acceptors (Lipinski definition) is 3. The first kappa shape index (κ1) is 21.8. The first-order valence-corrected chi connectivity index (χ1v) is 12.1. The van der Waals surface area contributed by atoms with E-state index in [0.29, 0.717) is 5.92 Å². The predicted octanol–water partition coefficient (Wildman–Crippen LogP) is 3.95. The van der Waals surface area contributed by atoms with Crippen molar-refractivity contribution in [3.63, 3.8) is 0 Å². The Morgan fingerprint density at radius 2 is 1.64 bits per heavy atom. The summed E-state index contributed by atoms with van der Waals surface area (Å²) in [6.07, 6.45) is 3.94. The van der Waals surface area contributed by atoms with Gasteiger partial charge in [-0.15, -0.1) is 0 Å². The molecule has 174 valence electrons. The number of ether oxygens (including phenoxy) is 1. The quantitative estimate of drug-likeness (QED) is 0.755. The van der Waals surface area contributed by atoms with Crippen LogP contribution in [0.25, 0.3) is 0 Å². The van der Waals surface area contributed by atoms with Gasteiger partial charge in [0.25, 0.3) is 5.91 Å². The van der Waals surface area contributed by atoms with Crippen molar-refractivity contribution in [3.05, 3.63) is 65.7 Å². The number of aryl methyl sites for hydroxylation is 1. The van der Waals surface area contributed by atoms with E-state index in [2.05, 4.69) is 29.6 Å². The fraction of sp³-hybridized carbons (Fsp3) is 0.481. The molecule has 3 fully saturated rings. The molecule has 0 radical (unpaired) electrons. The third-order valence-corrected chi connectivity index (χ3v) is 7.67. The van der Waals surface area contributed by atoms with Gasteiger partial charge in [-0.25, -0.2) is 4.79 Å². The summed E-state index contributed by atoms with van der Waals surface area (Å²) in [6, 6.07) is 18.5. The van der Waals surface area contributed by atoms with Crippen molar-refractivity contribution in [2.45, 2.75) is 44.6 Å². The Labute approximate surface area is 195 Å². The standard InChI is InChI=1S/C27H33N3O3/c1-20-7-5-6-10-24(20)33-18-25(31)29-14-11-27(12-15-29)13-16-30(19-27)26(32)28-23-17-22(23)21-8-3-2-4-9-21/h2-10,22-23H,11-19H2,1H3,(H,28,32)/t22-,23+/m0/s1. The normalized spacial score (nSPS) is 23.4. The molecule has 1 saturated carbocycles. The highest BCUT2D eigenvalue weighted by Crippen LogP contribution is 2.42. The number of nitrogens with zero attached hydrogens (tertiary/aromatic N) is 2. The summed E-state index contributed by atoms with van der Waals surface area (Å²) < 4.78 is 5.75. The number of para-hydroxylation sites is 1. The Kier molecular flexibility index (Phi) is 6.00. The molecule has 3 amide bonds. The van der Waals surface area contributed by atoms with Crippen LogP contribution in [-0.2, 0) is 4.79 Å². The molecule has 0 bridgehead atoms. The lowest BCUT2D eigenvalue weighted by molar-refractivity contribution is -0.135. The van der Waals surface area contributed by atoms with Gasteiger partial charge in [-0.1, -0.05) is 48.5 Å². The molecule has 2 aromatic rings. The van der Waals surface area contributed by atoms with Gasteiger partial charge in [0.1, 0.15) is 5.75 Å². The molecule has 1 N–H and O–H groups in total. The Balaban J connectivity index is 1.07. The molecule has 6 heteroatoms. The predicted molar refractivity (Wildman–Crippen MR) is 127 cm³/mol. The van der Waals surface area contributed by atoms with Crippen molar-refractivity contribution in [3.8, 4) is 5.75 Å². The van der Waals surface area contributed by atoms with Gasteiger partial charge >= 0.3 is 6.03 Å². The van der Waals surface area contributed by atoms with Crippen molar-refractivity contribution in [1.82, 2.24) is 15.1 Å². The Morgan fingerprint density at radius 1 is 0.970 bits per heavy atom. The van der Waals surface area contributed by atoms with Gasteiger partial charge in [0.2, 0.25) is 0 Å². The number of rotatable bonds is 5. The molecular formula is C27H33N3O3. The fourth-order valence-electron chi connectivity index (χ4n) is 5.37. The van der Waals surface area contributed by atoms with Crippen LogP contribution in [0.1, 0.15) is 42.7 Å². The van der Waals surface area contributed by atoms with Crippen LogP contribution < -0.4 is 10.1 Å². The highest BCUT2D eigenvalue weighted by atomic mass is 16.5. The molecule has 5 rings (SSSR count). The third-order valence-electron chi connectivity index (χ3n) is 7.67. The summed E-state index contributed by atoms with van der Waals surface area (Å²) >= 11 is 0. The van der Waals surface area contributed by atoms with Crippen LogP contribution in [-0.4, -0.2) is 60.6 Å². The average molecular weight is 448 g/mol. The Bertz CT molecular complexity index is 1000. The van der Waals surface area contributed by atoms with E-state index in [9.17, 15) is 9.59 Å². The number of nitrogens with one attached hydrogen (secondary N) is 1. The summed E-state index contributed by atoms with van der Waals surface area (Å²) in [5, 5.41) is 3.24. The van der Waals surface area contributed by atoms with Crippen LogP contribution in [0.4, 0.5) is 4.79 Å². The van der Waals surface area contributed by atoms with Crippen LogP contribution >= 0.6 is 0 Å². The Morgan fingerprint density at radius 3 is 2.36 bits per heavy atom. The molecule has 2 saturated heterocycles. The molecule has 3 aliphatic rings. The zero-order valence-electron chi connectivity index (χ0n) is 19.3. The topological polar surface area (TPSA) is 61.9 Å². The molecular weight excluding hydrogens is 414 g/mol. The number of piperidine rings is 1. The minimum absolute atomic E-state index is 0.0430. The lowest BCUT2D eigenvalue weighted by atomic mass is 9.78. The zero-order chi connectivity index (χ0) is 22.8. The van der Waals surface area contributed by atoms with Gasteiger partial charge in [-0.05, 0) is 55.2 Å². The SMILES string of the molecule is Cc1ccccc1OCC(=O)N1CCC2(CC1)CCN(C(=O)N[C@@H]1C[C@H]1c1ccccc1)C2. The van der Waals surface area contributed by atoms with Gasteiger partial charge in [0, 0.05) is 38.1 Å². The van der Waals surface area contributed by atoms with Crippen LogP contribution in [0.5, 0.6) is 5.75 Å². The first-order chi connectivity index (χ1) is 16.0. The van der Waals surface area contributed by atoms with E-state index in [1.165, 1.54) is 5.56 Å². The molecule has 6 nitrogen and oxygen atoms in total. The van der Waals surface area contributed by atoms with Gasteiger partial charge in [0.15, 0.2) is 6.61 Å². The molecule has 2 aromatic carbocycles. The van der Waals surface area contributed by atoms with Crippen molar-refractivity contribution in [2.75, 3.05) is 32.8 Å². The molecule has 2 atom stereocenters. The van der Waals surface area contributed by atoms with Gasteiger partial charge < -0.3 is 19.9 Å². The number of carbonyl (C=O) groups excluding carboxylic acids is 2. The van der Waals surface area contributed by atoms with E-state index in [-0.39, 0.29) is 30.0 Å². The van der Waals surface area contributed by atoms with Gasteiger partial charge in [0.05, 0.1) is 0 Å². The summed E-state index contributed by atoms with van der Waals surface area (Å²) in [5.41, 5.74) is 2.49. The zero-order valence-corrected chi connectivity index (χ0v) is 19.3. The third kappa shape index (κ3) is 4.85. The van der Waals surface area contributed by atoms with E-state index in [1.807, 2.05) is 47.1 Å². The molecule has 1 aliphatic carbocycles. The largest absolute Gasteiger partial charge is 0.484 e. The molecule has 0 unspecified atom stereocenters. The number of carbonyl (C=O) groups is 2. The maximum absolute atomic E-state index is 12.9. The Hall–Kier alpha value is -3.02. The van der Waals surface area contributed by atoms with E-state index in [1.54, 1.807) is 0 Å². The number of urea groups is 1. The second-order valence-corrected chi connectivity index (χ2v) is 9.92. The molecule has 1 spiro atoms. The van der Waals surface area contributed by atoms with E-state index >= 15 is 0 Å². The fourth-order valence-corrected chi connectivity index (χ4v) is 5.37. The van der Waals surface area contributed by atoms with Crippen LogP contribution in [0.15, 0.2) is 54.6 Å². The second kappa shape index (κ2) is 9.08. The number of amides is 3. The van der Waals surface area contributed by atoms with E-state index in [4.69, 9.17) is 4.74 Å². The summed E-state index contributed by atoms with van der Waals surface area (Å²) in [5.74, 6) is 1.26. The van der Waals surface area contributed by atoms with Crippen LogP contribution in [0.2, 0.25) is 0 Å². The van der Waals surface area contributed by atoms with Crippen molar-refractivity contribution in [2.24, 2.45) is 5.41 Å². The van der Waals surface area contributed by atoms with Crippen molar-refractivity contribution < 1.29 is 14.3 Å². The lowest BCUT2D eigenvalue weighted by Crippen LogP contribution is -2.47. The first-order valence-electron chi connectivity index (χ1n) is 12.1. The molecule has 2 heterocycles. The maximum atomic E-state index is 12.9. The van der Waals surface area contributed by atoms with Crippen LogP contribution in [0, 0.1) is 12.3 Å². The second-order valence-electron chi connectivity index (χ2n) is 9.92. The maximum Gasteiger partial charge on any atom is 0.317 e. The molecule has 2 aliphatic heterocycles. The van der Waals surface area contributed by atoms with E-state index in [0.717, 1.165) is 63.2 Å². The number of benzene rings is 2. The van der Waals surface area contributed by atoms with E-state index < -0.39 is 0 Å². The summed E-state index contributed by atoms with van der Waals surface area (Å²) in [6.45, 7) is 5.14. The summed E-state index contributed by atoms with van der Waals surface area (Å²) in [7, 11) is 0. The van der Waals surface area contributed by atoms with Crippen LogP contribution in [0.3, 0.4) is 0 Å². The number of hydrogen-bond donors (Lipinski definition) is 1. The summed E-state index contributed by atoms with van der Waals surface area (Å²) in [4.78, 5) is 29.4.